The first kappa shape index (κ1) is 20.3. The van der Waals surface area contributed by atoms with Crippen molar-refractivity contribution in [3.05, 3.63) is 18.2 Å². The molecule has 10 heteroatoms. The molecule has 0 saturated carbocycles. The average molecular weight is 320 g/mol. The van der Waals surface area contributed by atoms with Crippen molar-refractivity contribution in [3.8, 4) is 0 Å². The number of Topliss-reactive ketones (excluding diaryl/α,β-unsaturated/α-hetero) is 1. The molecule has 0 unspecified atom stereocenters. The summed E-state index contributed by atoms with van der Waals surface area (Å²) in [7, 11) is -4.64. The van der Waals surface area contributed by atoms with E-state index in [1.807, 2.05) is 0 Å². The largest absolute Gasteiger partial charge is 1.00 e. The number of nitrogens with zero attached hydrogens (tertiary/aromatic N) is 1. The van der Waals surface area contributed by atoms with Crippen LogP contribution in [0.4, 0.5) is 11.4 Å². The second kappa shape index (κ2) is 8.10. The Labute approximate surface area is 139 Å². The minimum absolute atomic E-state index is 0. The van der Waals surface area contributed by atoms with Crippen LogP contribution in [0.3, 0.4) is 0 Å². The molecular weight excluding hydrogens is 307 g/mol. The zero-order chi connectivity index (χ0) is 16.2. The van der Waals surface area contributed by atoms with Gasteiger partial charge in [0.25, 0.3) is 10.1 Å². The van der Waals surface area contributed by atoms with Crippen molar-refractivity contribution in [1.82, 2.24) is 0 Å². The first-order valence-electron chi connectivity index (χ1n) is 5.72. The predicted molar refractivity (Wildman–Crippen MR) is 73.0 cm³/mol. The zero-order valence-electron chi connectivity index (χ0n) is 12.3. The Balaban J connectivity index is 0.00000441. The van der Waals surface area contributed by atoms with Gasteiger partial charge in [0.2, 0.25) is 5.91 Å². The third kappa shape index (κ3) is 6.40. The Kier molecular flexibility index (Phi) is 7.49. The van der Waals surface area contributed by atoms with Gasteiger partial charge in [-0.25, -0.2) is 0 Å². The Morgan fingerprint density at radius 1 is 1.32 bits per heavy atom. The van der Waals surface area contributed by atoms with E-state index < -0.39 is 39.0 Å². The van der Waals surface area contributed by atoms with Crippen LogP contribution >= 0.6 is 0 Å². The number of anilines is 1. The molecule has 1 amide bonds. The van der Waals surface area contributed by atoms with Crippen LogP contribution in [0.5, 0.6) is 0 Å². The minimum atomic E-state index is -4.64. The second-order valence-electron chi connectivity index (χ2n) is 4.21. The van der Waals surface area contributed by atoms with E-state index in [1.54, 1.807) is 0 Å². The topological polar surface area (TPSA) is 136 Å². The molecule has 2 N–H and O–H groups in total. The van der Waals surface area contributed by atoms with Crippen molar-refractivity contribution in [2.45, 2.75) is 25.2 Å². The van der Waals surface area contributed by atoms with Crippen LogP contribution in [0.2, 0.25) is 0 Å². The number of aliphatic imine (C=N–C) groups is 1. The quantitative estimate of drug-likeness (QED) is 0.199. The minimum Gasteiger partial charge on any atom is -0.862 e. The summed E-state index contributed by atoms with van der Waals surface area (Å²) in [5.74, 6) is -1.67. The third-order valence-corrected chi connectivity index (χ3v) is 3.11. The fourth-order valence-corrected chi connectivity index (χ4v) is 2.17. The maximum absolute atomic E-state index is 11.5. The normalized spacial score (nSPS) is 11.5. The van der Waals surface area contributed by atoms with E-state index >= 15 is 0 Å². The molecule has 0 radical (unpaired) electrons. The Morgan fingerprint density at radius 3 is 2.36 bits per heavy atom. The van der Waals surface area contributed by atoms with Crippen molar-refractivity contribution in [2.24, 2.45) is 4.99 Å². The standard InChI is InChI=1S/C12H14N2O6S.Li/c1-7(15)5-12(17)14-10-4-3-9(13-8(2)16)6-11(10)21(18,19)20;/h3-4,6H,5H2,1-2H3,(H,13,16)(H,14,17)(H,18,19,20);/q;+1/p-1. The van der Waals surface area contributed by atoms with Gasteiger partial charge in [0.1, 0.15) is 10.7 Å². The molecular formula is C12H13LiN2O6S. The fourth-order valence-electron chi connectivity index (χ4n) is 1.50. The van der Waals surface area contributed by atoms with Crippen molar-refractivity contribution < 1.29 is 46.5 Å². The molecule has 0 bridgehead atoms. The molecule has 0 aliphatic carbocycles. The zero-order valence-corrected chi connectivity index (χ0v) is 13.1. The summed E-state index contributed by atoms with van der Waals surface area (Å²) in [6.45, 7) is 2.38. The van der Waals surface area contributed by atoms with Crippen LogP contribution in [0, 0.1) is 0 Å². The van der Waals surface area contributed by atoms with Crippen LogP contribution in [-0.2, 0) is 19.7 Å². The predicted octanol–water partition coefficient (Wildman–Crippen LogP) is -2.73. The van der Waals surface area contributed by atoms with Gasteiger partial charge in [-0.05, 0) is 37.9 Å². The summed E-state index contributed by atoms with van der Waals surface area (Å²) in [5.41, 5.74) is -0.189. The molecule has 8 nitrogen and oxygen atoms in total. The van der Waals surface area contributed by atoms with E-state index in [0.29, 0.717) is 0 Å². The fraction of sp³-hybridized carbons (Fsp3) is 0.250. The molecule has 0 aromatic heterocycles. The van der Waals surface area contributed by atoms with Gasteiger partial charge >= 0.3 is 18.9 Å². The van der Waals surface area contributed by atoms with Crippen LogP contribution in [0.15, 0.2) is 28.1 Å². The molecule has 1 aromatic carbocycles. The van der Waals surface area contributed by atoms with Gasteiger partial charge < -0.3 is 10.4 Å². The Morgan fingerprint density at radius 2 is 1.91 bits per heavy atom. The Hall–Kier alpha value is -1.66. The van der Waals surface area contributed by atoms with Crippen molar-refractivity contribution in [1.29, 1.82) is 0 Å². The molecule has 114 valence electrons. The SMILES string of the molecule is CC(=O)CC(=O)Nc1ccc(N=C(C)[O-])cc1S(=O)(=O)O.[Li+]. The van der Waals surface area contributed by atoms with Gasteiger partial charge in [0, 0.05) is 0 Å². The van der Waals surface area contributed by atoms with Crippen LogP contribution in [0.1, 0.15) is 20.3 Å². The van der Waals surface area contributed by atoms with E-state index in [-0.39, 0.29) is 30.2 Å². The average Bonchev–Trinajstić information content (AvgIpc) is 2.27. The van der Waals surface area contributed by atoms with Crippen molar-refractivity contribution in [2.75, 3.05) is 5.32 Å². The van der Waals surface area contributed by atoms with Gasteiger partial charge in [-0.3, -0.25) is 19.1 Å². The molecule has 0 heterocycles. The van der Waals surface area contributed by atoms with E-state index in [1.165, 1.54) is 26.0 Å². The molecule has 0 aliphatic rings. The van der Waals surface area contributed by atoms with Crippen LogP contribution in [0.25, 0.3) is 0 Å². The third-order valence-electron chi connectivity index (χ3n) is 2.21. The number of carbonyl (C=O) groups excluding carboxylic acids is 2. The number of amides is 1. The molecule has 22 heavy (non-hydrogen) atoms. The monoisotopic (exact) mass is 320 g/mol. The molecule has 0 spiro atoms. The summed E-state index contributed by atoms with van der Waals surface area (Å²) in [5, 5.41) is 13.1. The van der Waals surface area contributed by atoms with E-state index in [2.05, 4.69) is 10.3 Å². The number of rotatable bonds is 5. The molecule has 0 fully saturated rings. The van der Waals surface area contributed by atoms with Crippen molar-refractivity contribution in [3.63, 3.8) is 0 Å². The maximum Gasteiger partial charge on any atom is 1.00 e. The number of nitrogens with one attached hydrogen (secondary N) is 1. The van der Waals surface area contributed by atoms with E-state index in [9.17, 15) is 23.1 Å². The van der Waals surface area contributed by atoms with Gasteiger partial charge in [-0.2, -0.15) is 8.42 Å². The van der Waals surface area contributed by atoms with Crippen molar-refractivity contribution >= 4 is 39.1 Å². The summed E-state index contributed by atoms with van der Waals surface area (Å²) in [6, 6.07) is 3.41. The van der Waals surface area contributed by atoms with Crippen LogP contribution < -0.4 is 29.3 Å². The first-order valence-corrected chi connectivity index (χ1v) is 7.16. The second-order valence-corrected chi connectivity index (χ2v) is 5.60. The van der Waals surface area contributed by atoms with E-state index in [0.717, 1.165) is 6.07 Å². The number of hydrogen-bond acceptors (Lipinski definition) is 6. The van der Waals surface area contributed by atoms with Gasteiger partial charge in [-0.1, -0.05) is 0 Å². The Bertz CT molecular complexity index is 710. The van der Waals surface area contributed by atoms with E-state index in [4.69, 9.17) is 4.55 Å². The smallest absolute Gasteiger partial charge is 0.862 e. The summed E-state index contributed by atoms with van der Waals surface area (Å²) >= 11 is 0. The van der Waals surface area contributed by atoms with Crippen LogP contribution in [-0.4, -0.2) is 30.6 Å². The number of benzene rings is 1. The number of hydrogen-bond donors (Lipinski definition) is 2. The first-order chi connectivity index (χ1) is 9.59. The van der Waals surface area contributed by atoms with Gasteiger partial charge in [-0.15, -0.1) is 0 Å². The summed E-state index contributed by atoms with van der Waals surface area (Å²) in [4.78, 5) is 25.2. The molecule has 0 saturated heterocycles. The molecule has 1 rings (SSSR count). The molecule has 0 aliphatic heterocycles. The van der Waals surface area contributed by atoms with Gasteiger partial charge in [0.15, 0.2) is 0 Å². The number of ketones is 1. The molecule has 1 aromatic rings. The van der Waals surface area contributed by atoms with Gasteiger partial charge in [0.05, 0.1) is 17.8 Å². The molecule has 0 atom stereocenters. The number of carbonyl (C=O) groups is 2. The summed E-state index contributed by atoms with van der Waals surface area (Å²) in [6.07, 6.45) is -0.426. The summed E-state index contributed by atoms with van der Waals surface area (Å²) < 4.78 is 31.8. The maximum atomic E-state index is 11.5.